The van der Waals surface area contributed by atoms with Crippen molar-refractivity contribution in [2.45, 2.75) is 13.8 Å². The number of nitrogens with zero attached hydrogens (tertiary/aromatic N) is 3. The lowest BCUT2D eigenvalue weighted by Crippen LogP contribution is -2.00. The molecule has 82 valence electrons. The molecule has 0 saturated heterocycles. The minimum absolute atomic E-state index is 0.0399. The highest BCUT2D eigenvalue weighted by Crippen LogP contribution is 2.23. The number of carboxylic acid groups (broad SMARTS) is 1. The smallest absolute Gasteiger partial charge is 0.341 e. The fraction of sp³-hybridized carbons (Fsp3) is 0.200. The zero-order chi connectivity index (χ0) is 11.7. The highest BCUT2D eigenvalue weighted by atomic mass is 16.5. The molecule has 0 fully saturated rings. The first-order valence-electron chi connectivity index (χ1n) is 4.59. The number of hydrogen-bond donors (Lipinski definition) is 1. The van der Waals surface area contributed by atoms with Crippen molar-refractivity contribution in [1.29, 1.82) is 0 Å². The number of rotatable bonds is 2. The molecule has 0 aliphatic rings. The summed E-state index contributed by atoms with van der Waals surface area (Å²) in [6, 6.07) is 1.59. The van der Waals surface area contributed by atoms with Gasteiger partial charge in [0.2, 0.25) is 0 Å². The third kappa shape index (κ3) is 1.65. The Morgan fingerprint density at radius 2 is 2.19 bits per heavy atom. The highest BCUT2D eigenvalue weighted by molar-refractivity contribution is 5.95. The van der Waals surface area contributed by atoms with Crippen LogP contribution in [0.15, 0.2) is 16.8 Å². The second-order valence-electron chi connectivity index (χ2n) is 3.26. The molecule has 2 aromatic heterocycles. The summed E-state index contributed by atoms with van der Waals surface area (Å²) in [6.45, 7) is 3.27. The second kappa shape index (κ2) is 3.73. The van der Waals surface area contributed by atoms with Crippen molar-refractivity contribution in [2.24, 2.45) is 0 Å². The van der Waals surface area contributed by atoms with Crippen LogP contribution in [0.2, 0.25) is 0 Å². The maximum Gasteiger partial charge on any atom is 0.341 e. The van der Waals surface area contributed by atoms with E-state index in [0.717, 1.165) is 0 Å². The summed E-state index contributed by atoms with van der Waals surface area (Å²) in [5, 5.41) is 12.7. The molecule has 0 radical (unpaired) electrons. The maximum atomic E-state index is 11.0. The van der Waals surface area contributed by atoms with Crippen molar-refractivity contribution >= 4 is 5.97 Å². The minimum Gasteiger partial charge on any atom is -0.477 e. The zero-order valence-corrected chi connectivity index (χ0v) is 8.76. The first-order valence-corrected chi connectivity index (χ1v) is 4.59. The molecular formula is C10H9N3O3. The number of aryl methyl sites for hydroxylation is 2. The quantitative estimate of drug-likeness (QED) is 0.822. The van der Waals surface area contributed by atoms with Gasteiger partial charge in [-0.15, -0.1) is 0 Å². The number of aromatic nitrogens is 3. The maximum absolute atomic E-state index is 11.0. The van der Waals surface area contributed by atoms with Crippen molar-refractivity contribution in [1.82, 2.24) is 15.1 Å². The molecule has 2 rings (SSSR count). The zero-order valence-electron chi connectivity index (χ0n) is 8.76. The largest absolute Gasteiger partial charge is 0.477 e. The average Bonchev–Trinajstić information content (AvgIpc) is 2.60. The summed E-state index contributed by atoms with van der Waals surface area (Å²) >= 11 is 0. The minimum atomic E-state index is -1.08. The van der Waals surface area contributed by atoms with Gasteiger partial charge < -0.3 is 9.63 Å². The molecule has 0 amide bonds. The molecule has 0 aliphatic carbocycles. The van der Waals surface area contributed by atoms with Gasteiger partial charge >= 0.3 is 5.97 Å². The fourth-order valence-corrected chi connectivity index (χ4v) is 1.39. The summed E-state index contributed by atoms with van der Waals surface area (Å²) < 4.78 is 4.86. The normalized spacial score (nSPS) is 10.4. The first kappa shape index (κ1) is 10.3. The van der Waals surface area contributed by atoms with Gasteiger partial charge in [0.05, 0.1) is 5.69 Å². The number of hydrogen-bond acceptors (Lipinski definition) is 5. The summed E-state index contributed by atoms with van der Waals surface area (Å²) in [7, 11) is 0. The van der Waals surface area contributed by atoms with Crippen LogP contribution in [0.4, 0.5) is 0 Å². The summed E-state index contributed by atoms with van der Waals surface area (Å²) in [4.78, 5) is 19.1. The molecule has 6 heteroatoms. The molecule has 2 heterocycles. The Labute approximate surface area is 90.9 Å². The van der Waals surface area contributed by atoms with Crippen LogP contribution in [0.5, 0.6) is 0 Å². The number of carbonyl (C=O) groups is 1. The Morgan fingerprint density at radius 1 is 1.44 bits per heavy atom. The van der Waals surface area contributed by atoms with Crippen molar-refractivity contribution < 1.29 is 14.4 Å². The van der Waals surface area contributed by atoms with E-state index in [1.165, 1.54) is 0 Å². The molecular weight excluding hydrogens is 210 g/mol. The Morgan fingerprint density at radius 3 is 2.81 bits per heavy atom. The Balaban J connectivity index is 2.60. The third-order valence-electron chi connectivity index (χ3n) is 2.10. The van der Waals surface area contributed by atoms with Crippen molar-refractivity contribution in [2.75, 3.05) is 0 Å². The van der Waals surface area contributed by atoms with Crippen LogP contribution in [0, 0.1) is 13.8 Å². The lowest BCUT2D eigenvalue weighted by molar-refractivity contribution is 0.0695. The molecule has 0 saturated carbocycles. The van der Waals surface area contributed by atoms with Gasteiger partial charge in [-0.25, -0.2) is 14.8 Å². The van der Waals surface area contributed by atoms with Gasteiger partial charge in [-0.3, -0.25) is 0 Å². The molecule has 0 aliphatic heterocycles. The van der Waals surface area contributed by atoms with E-state index in [0.29, 0.717) is 11.5 Å². The van der Waals surface area contributed by atoms with Gasteiger partial charge in [-0.05, 0) is 19.9 Å². The lowest BCUT2D eigenvalue weighted by atomic mass is 10.1. The first-order chi connectivity index (χ1) is 7.59. The van der Waals surface area contributed by atoms with E-state index < -0.39 is 5.97 Å². The average molecular weight is 219 g/mol. The van der Waals surface area contributed by atoms with Crippen LogP contribution in [0.1, 0.15) is 21.9 Å². The highest BCUT2D eigenvalue weighted by Gasteiger charge is 2.21. The number of carboxylic acids is 1. The van der Waals surface area contributed by atoms with Gasteiger partial charge in [-0.1, -0.05) is 5.16 Å². The van der Waals surface area contributed by atoms with E-state index in [4.69, 9.17) is 9.63 Å². The summed E-state index contributed by atoms with van der Waals surface area (Å²) in [5.41, 5.74) is 0.718. The third-order valence-corrected chi connectivity index (χ3v) is 2.10. The molecule has 6 nitrogen and oxygen atoms in total. The van der Waals surface area contributed by atoms with E-state index in [9.17, 15) is 4.79 Å². The van der Waals surface area contributed by atoms with Crippen LogP contribution in [0.25, 0.3) is 11.4 Å². The molecule has 0 atom stereocenters. The van der Waals surface area contributed by atoms with Crippen molar-refractivity contribution in [3.05, 3.63) is 29.4 Å². The van der Waals surface area contributed by atoms with Gasteiger partial charge in [0.25, 0.3) is 0 Å². The summed E-state index contributed by atoms with van der Waals surface area (Å²) in [6.07, 6.45) is 1.55. The Bertz CT molecular complexity index is 548. The van der Waals surface area contributed by atoms with Crippen LogP contribution in [0.3, 0.4) is 0 Å². The standard InChI is InChI=1S/C10H9N3O3/c1-5-8(10(14)15)9(13-16-5)7-3-4-11-6(2)12-7/h3-4H,1-2H3,(H,14,15). The molecule has 0 unspecified atom stereocenters. The van der Waals surface area contributed by atoms with Crippen LogP contribution in [-0.2, 0) is 0 Å². The van der Waals surface area contributed by atoms with Crippen LogP contribution < -0.4 is 0 Å². The molecule has 1 N–H and O–H groups in total. The van der Waals surface area contributed by atoms with Gasteiger partial charge in [-0.2, -0.15) is 0 Å². The molecule has 0 spiro atoms. The lowest BCUT2D eigenvalue weighted by Gasteiger charge is -1.97. The topological polar surface area (TPSA) is 89.1 Å². The Hall–Kier alpha value is -2.24. The second-order valence-corrected chi connectivity index (χ2v) is 3.26. The van der Waals surface area contributed by atoms with E-state index >= 15 is 0 Å². The molecule has 0 bridgehead atoms. The molecule has 0 aromatic carbocycles. The monoisotopic (exact) mass is 219 g/mol. The van der Waals surface area contributed by atoms with E-state index in [2.05, 4.69) is 15.1 Å². The van der Waals surface area contributed by atoms with E-state index in [-0.39, 0.29) is 17.0 Å². The van der Waals surface area contributed by atoms with Crippen molar-refractivity contribution in [3.63, 3.8) is 0 Å². The fourth-order valence-electron chi connectivity index (χ4n) is 1.39. The van der Waals surface area contributed by atoms with E-state index in [1.54, 1.807) is 26.1 Å². The van der Waals surface area contributed by atoms with Crippen LogP contribution >= 0.6 is 0 Å². The Kier molecular flexibility index (Phi) is 2.40. The molecule has 16 heavy (non-hydrogen) atoms. The van der Waals surface area contributed by atoms with Crippen molar-refractivity contribution in [3.8, 4) is 11.4 Å². The number of aromatic carboxylic acids is 1. The van der Waals surface area contributed by atoms with Crippen LogP contribution in [-0.4, -0.2) is 26.2 Å². The van der Waals surface area contributed by atoms with Gasteiger partial charge in [0.15, 0.2) is 0 Å². The summed E-state index contributed by atoms with van der Waals surface area (Å²) in [5.74, 6) is -0.265. The van der Waals surface area contributed by atoms with Gasteiger partial charge in [0, 0.05) is 6.20 Å². The van der Waals surface area contributed by atoms with E-state index in [1.807, 2.05) is 0 Å². The predicted molar refractivity (Wildman–Crippen MR) is 54.0 cm³/mol. The molecule has 2 aromatic rings. The van der Waals surface area contributed by atoms with Gasteiger partial charge in [0.1, 0.15) is 22.8 Å². The SMILES string of the molecule is Cc1nccc(-c2noc(C)c2C(=O)O)n1. The predicted octanol–water partition coefficient (Wildman–Crippen LogP) is 1.45.